The number of aromatic nitrogens is 1. The summed E-state index contributed by atoms with van der Waals surface area (Å²) in [5.74, 6) is 0.294. The molecule has 1 aromatic rings. The highest BCUT2D eigenvalue weighted by atomic mass is 35.5. The Balaban J connectivity index is 1.83. The van der Waals surface area contributed by atoms with E-state index < -0.39 is 0 Å². The van der Waals surface area contributed by atoms with Crippen molar-refractivity contribution in [3.05, 3.63) is 22.8 Å². The molecule has 130 valence electrons. The van der Waals surface area contributed by atoms with Crippen LogP contribution in [0, 0.1) is 0 Å². The van der Waals surface area contributed by atoms with E-state index in [2.05, 4.69) is 9.88 Å². The zero-order valence-electron chi connectivity index (χ0n) is 13.7. The molecule has 2 amide bonds. The molecule has 0 bridgehead atoms. The summed E-state index contributed by atoms with van der Waals surface area (Å²) in [5, 5.41) is 0.325. The van der Waals surface area contributed by atoms with E-state index in [4.69, 9.17) is 17.3 Å². The molecule has 24 heavy (non-hydrogen) atoms. The van der Waals surface area contributed by atoms with E-state index in [9.17, 15) is 9.59 Å². The Labute approximate surface area is 147 Å². The second-order valence-electron chi connectivity index (χ2n) is 6.55. The van der Waals surface area contributed by atoms with Crippen molar-refractivity contribution in [2.75, 3.05) is 24.5 Å². The van der Waals surface area contributed by atoms with Gasteiger partial charge < -0.3 is 15.5 Å². The molecule has 3 heterocycles. The second kappa shape index (κ2) is 7.38. The Kier molecular flexibility index (Phi) is 5.23. The highest BCUT2D eigenvalue weighted by Crippen LogP contribution is 2.26. The van der Waals surface area contributed by atoms with Crippen LogP contribution in [0.3, 0.4) is 0 Å². The van der Waals surface area contributed by atoms with E-state index in [-0.39, 0.29) is 24.3 Å². The largest absolute Gasteiger partial charge is 0.370 e. The van der Waals surface area contributed by atoms with E-state index in [1.807, 2.05) is 6.07 Å². The van der Waals surface area contributed by atoms with Gasteiger partial charge in [-0.3, -0.25) is 9.59 Å². The number of carbonyl (C=O) groups excluding carboxylic acids is 2. The monoisotopic (exact) mass is 350 g/mol. The zero-order valence-corrected chi connectivity index (χ0v) is 14.5. The van der Waals surface area contributed by atoms with Gasteiger partial charge in [-0.1, -0.05) is 11.6 Å². The van der Waals surface area contributed by atoms with Crippen molar-refractivity contribution in [1.29, 1.82) is 0 Å². The van der Waals surface area contributed by atoms with Gasteiger partial charge in [0.05, 0.1) is 0 Å². The smallest absolute Gasteiger partial charge is 0.254 e. The molecule has 0 radical (unpaired) electrons. The number of primary amides is 1. The van der Waals surface area contributed by atoms with E-state index >= 15 is 0 Å². The third-order valence-corrected chi connectivity index (χ3v) is 4.98. The van der Waals surface area contributed by atoms with E-state index in [0.29, 0.717) is 17.3 Å². The minimum absolute atomic E-state index is 0.0919. The fraction of sp³-hybridized carbons (Fsp3) is 0.588. The number of hydrogen-bond acceptors (Lipinski definition) is 4. The summed E-state index contributed by atoms with van der Waals surface area (Å²) in [4.78, 5) is 32.6. The van der Waals surface area contributed by atoms with Crippen LogP contribution in [-0.4, -0.2) is 47.4 Å². The van der Waals surface area contributed by atoms with Gasteiger partial charge in [0, 0.05) is 37.7 Å². The molecule has 6 nitrogen and oxygen atoms in total. The van der Waals surface area contributed by atoms with Gasteiger partial charge in [0.25, 0.3) is 5.91 Å². The first-order valence-electron chi connectivity index (χ1n) is 8.56. The topological polar surface area (TPSA) is 79.5 Å². The Morgan fingerprint density at radius 3 is 2.58 bits per heavy atom. The van der Waals surface area contributed by atoms with Gasteiger partial charge >= 0.3 is 0 Å². The van der Waals surface area contributed by atoms with Gasteiger partial charge in [-0.25, -0.2) is 4.98 Å². The van der Waals surface area contributed by atoms with Gasteiger partial charge in [-0.15, -0.1) is 0 Å². The SMILES string of the molecule is NC(=O)CC1CCCCN1C(=O)c1cc(Cl)nc(N2CCCC2)c1. The molecule has 0 spiro atoms. The fourth-order valence-corrected chi connectivity index (χ4v) is 3.80. The van der Waals surface area contributed by atoms with Crippen LogP contribution in [0.2, 0.25) is 5.15 Å². The third kappa shape index (κ3) is 3.80. The molecule has 2 aliphatic rings. The van der Waals surface area contributed by atoms with Crippen molar-refractivity contribution in [3.63, 3.8) is 0 Å². The summed E-state index contributed by atoms with van der Waals surface area (Å²) in [6.07, 6.45) is 5.24. The van der Waals surface area contributed by atoms with Crippen LogP contribution in [0.25, 0.3) is 0 Å². The first-order chi connectivity index (χ1) is 11.5. The lowest BCUT2D eigenvalue weighted by Crippen LogP contribution is -2.45. The molecule has 0 aromatic carbocycles. The van der Waals surface area contributed by atoms with E-state index in [1.165, 1.54) is 0 Å². The Hall–Kier alpha value is -1.82. The molecule has 2 N–H and O–H groups in total. The molecular formula is C17H23ClN4O2. The Bertz CT molecular complexity index is 631. The maximum absolute atomic E-state index is 13.0. The van der Waals surface area contributed by atoms with Crippen molar-refractivity contribution in [1.82, 2.24) is 9.88 Å². The number of nitrogens with zero attached hydrogens (tertiary/aromatic N) is 3. The summed E-state index contributed by atoms with van der Waals surface area (Å²) in [7, 11) is 0. The molecule has 1 unspecified atom stereocenters. The molecule has 2 saturated heterocycles. The number of halogens is 1. The Morgan fingerprint density at radius 1 is 1.17 bits per heavy atom. The van der Waals surface area contributed by atoms with Gasteiger partial charge in [0.1, 0.15) is 11.0 Å². The summed E-state index contributed by atoms with van der Waals surface area (Å²) >= 11 is 6.15. The molecular weight excluding hydrogens is 328 g/mol. The maximum atomic E-state index is 13.0. The average molecular weight is 351 g/mol. The van der Waals surface area contributed by atoms with E-state index in [1.54, 1.807) is 11.0 Å². The Morgan fingerprint density at radius 2 is 1.88 bits per heavy atom. The molecule has 3 rings (SSSR count). The quantitative estimate of drug-likeness (QED) is 0.844. The number of carbonyl (C=O) groups is 2. The number of likely N-dealkylation sites (tertiary alicyclic amines) is 1. The third-order valence-electron chi connectivity index (χ3n) is 4.78. The number of hydrogen-bond donors (Lipinski definition) is 1. The lowest BCUT2D eigenvalue weighted by atomic mass is 9.98. The first-order valence-corrected chi connectivity index (χ1v) is 8.94. The van der Waals surface area contributed by atoms with Crippen LogP contribution >= 0.6 is 11.6 Å². The lowest BCUT2D eigenvalue weighted by molar-refractivity contribution is -0.119. The summed E-state index contributed by atoms with van der Waals surface area (Å²) in [6.45, 7) is 2.53. The molecule has 1 aromatic heterocycles. The standard InChI is InChI=1S/C17H23ClN4O2/c18-14-9-12(10-16(20-14)21-6-3-4-7-21)17(24)22-8-2-1-5-13(22)11-15(19)23/h9-10,13H,1-8,11H2,(H2,19,23). The lowest BCUT2D eigenvalue weighted by Gasteiger charge is -2.35. The average Bonchev–Trinajstić information content (AvgIpc) is 3.08. The van der Waals surface area contributed by atoms with Crippen LogP contribution in [0.1, 0.15) is 48.9 Å². The number of nitrogens with two attached hydrogens (primary N) is 1. The van der Waals surface area contributed by atoms with Gasteiger partial charge in [-0.05, 0) is 44.2 Å². The molecule has 2 aliphatic heterocycles. The fourth-order valence-electron chi connectivity index (χ4n) is 3.59. The van der Waals surface area contributed by atoms with Crippen LogP contribution in [0.4, 0.5) is 5.82 Å². The normalized spacial score (nSPS) is 21.1. The molecule has 7 heteroatoms. The van der Waals surface area contributed by atoms with Crippen molar-refractivity contribution in [2.24, 2.45) is 5.73 Å². The number of amides is 2. The van der Waals surface area contributed by atoms with Crippen molar-refractivity contribution < 1.29 is 9.59 Å². The van der Waals surface area contributed by atoms with Crippen molar-refractivity contribution in [2.45, 2.75) is 44.6 Å². The number of rotatable bonds is 4. The van der Waals surface area contributed by atoms with Gasteiger partial charge in [-0.2, -0.15) is 0 Å². The number of piperidine rings is 1. The van der Waals surface area contributed by atoms with Crippen LogP contribution in [0.15, 0.2) is 12.1 Å². The van der Waals surface area contributed by atoms with Crippen molar-refractivity contribution >= 4 is 29.2 Å². The minimum Gasteiger partial charge on any atom is -0.370 e. The highest BCUT2D eigenvalue weighted by molar-refractivity contribution is 6.29. The molecule has 0 saturated carbocycles. The summed E-state index contributed by atoms with van der Waals surface area (Å²) < 4.78 is 0. The van der Waals surface area contributed by atoms with Crippen LogP contribution in [0.5, 0.6) is 0 Å². The maximum Gasteiger partial charge on any atom is 0.254 e. The minimum atomic E-state index is -0.370. The predicted molar refractivity (Wildman–Crippen MR) is 93.2 cm³/mol. The van der Waals surface area contributed by atoms with E-state index in [0.717, 1.165) is 51.0 Å². The number of anilines is 1. The van der Waals surface area contributed by atoms with Gasteiger partial charge in [0.2, 0.25) is 5.91 Å². The second-order valence-corrected chi connectivity index (χ2v) is 6.94. The first kappa shape index (κ1) is 17.0. The van der Waals surface area contributed by atoms with Gasteiger partial charge in [0.15, 0.2) is 0 Å². The van der Waals surface area contributed by atoms with Crippen LogP contribution < -0.4 is 10.6 Å². The zero-order chi connectivity index (χ0) is 17.1. The molecule has 2 fully saturated rings. The molecule has 1 atom stereocenters. The highest BCUT2D eigenvalue weighted by Gasteiger charge is 2.29. The summed E-state index contributed by atoms with van der Waals surface area (Å²) in [6, 6.07) is 3.31. The number of pyridine rings is 1. The van der Waals surface area contributed by atoms with Crippen molar-refractivity contribution in [3.8, 4) is 0 Å². The van der Waals surface area contributed by atoms with Crippen LogP contribution in [-0.2, 0) is 4.79 Å². The summed E-state index contributed by atoms with van der Waals surface area (Å²) in [5.41, 5.74) is 5.88. The molecule has 0 aliphatic carbocycles. The predicted octanol–water partition coefficient (Wildman–Crippen LogP) is 2.21.